The van der Waals surface area contributed by atoms with Gasteiger partial charge in [-0.25, -0.2) is 36.1 Å². The molecule has 8 rings (SSSR count). The predicted molar refractivity (Wildman–Crippen MR) is 164 cm³/mol. The molecule has 3 aliphatic carbocycles. The number of carboxylic acid groups (broad SMARTS) is 1. The molecule has 2 unspecified atom stereocenters. The van der Waals surface area contributed by atoms with Crippen LogP contribution in [0.2, 0.25) is 0 Å². The Morgan fingerprint density at radius 2 is 1.67 bits per heavy atom. The van der Waals surface area contributed by atoms with Crippen LogP contribution in [0.5, 0.6) is 0 Å². The van der Waals surface area contributed by atoms with E-state index in [1.54, 1.807) is 42.5 Å². The average molecular weight is 630 g/mol. The van der Waals surface area contributed by atoms with Gasteiger partial charge in [-0.3, -0.25) is 4.79 Å². The molecular weight excluding hydrogens is 600 g/mol. The first-order chi connectivity index (χ1) is 21.6. The summed E-state index contributed by atoms with van der Waals surface area (Å²) in [6.45, 7) is 1.84. The zero-order valence-electron chi connectivity index (χ0n) is 24.2. The number of anilines is 1. The van der Waals surface area contributed by atoms with Crippen molar-refractivity contribution >= 4 is 32.8 Å². The Labute approximate surface area is 258 Å². The molecule has 3 fully saturated rings. The topological polar surface area (TPSA) is 127 Å². The van der Waals surface area contributed by atoms with Gasteiger partial charge in [0, 0.05) is 28.8 Å². The van der Waals surface area contributed by atoms with Gasteiger partial charge in [-0.15, -0.1) is 0 Å². The lowest BCUT2D eigenvalue weighted by atomic mass is 9.61. The number of aryl methyl sites for hydroxylation is 1. The maximum Gasteiger partial charge on any atom is 0.308 e. The fourth-order valence-electron chi connectivity index (χ4n) is 6.86. The van der Waals surface area contributed by atoms with Crippen molar-refractivity contribution in [3.63, 3.8) is 0 Å². The first-order valence-corrected chi connectivity index (χ1v) is 16.2. The number of rotatable bonds is 7. The van der Waals surface area contributed by atoms with Crippen molar-refractivity contribution in [2.24, 2.45) is 17.8 Å². The number of hydrogen-bond acceptors (Lipinski definition) is 7. The van der Waals surface area contributed by atoms with E-state index in [0.29, 0.717) is 5.56 Å². The minimum absolute atomic E-state index is 0.00194. The zero-order chi connectivity index (χ0) is 31.5. The van der Waals surface area contributed by atoms with Crippen molar-refractivity contribution < 1.29 is 27.1 Å². The maximum absolute atomic E-state index is 16.3. The summed E-state index contributed by atoms with van der Waals surface area (Å²) in [4.78, 5) is 25.5. The van der Waals surface area contributed by atoms with E-state index < -0.39 is 39.6 Å². The third kappa shape index (κ3) is 5.02. The number of aliphatic carboxylic acids is 1. The van der Waals surface area contributed by atoms with Gasteiger partial charge in [0.25, 0.3) is 10.0 Å². The molecule has 2 atom stereocenters. The van der Waals surface area contributed by atoms with Crippen LogP contribution < -0.4 is 5.32 Å². The number of aromatic nitrogens is 4. The molecule has 0 spiro atoms. The van der Waals surface area contributed by atoms with Crippen molar-refractivity contribution in [2.75, 3.05) is 5.32 Å². The standard InChI is InChI=1S/C33H29F2N5O4S/c1-18-7-13-23(14-8-18)45(43,44)40-17-25(24-15-22(34)16-36-32(24)40)30-38-29(20-5-3-2-4-6-20)27(35)31(39-30)37-28-21-11-9-19(10-12-21)26(28)33(41)42/h2-8,13-17,19,21,26,28H,9-12H2,1H3,(H,41,42)(H,37,38,39). The fourth-order valence-corrected chi connectivity index (χ4v) is 8.18. The summed E-state index contributed by atoms with van der Waals surface area (Å²) in [5.41, 5.74) is 1.31. The Hall–Kier alpha value is -4.71. The largest absolute Gasteiger partial charge is 0.481 e. The number of nitrogens with one attached hydrogen (secondary N) is 1. The molecule has 3 aromatic heterocycles. The zero-order valence-corrected chi connectivity index (χ0v) is 25.0. The summed E-state index contributed by atoms with van der Waals surface area (Å²) in [6, 6.07) is 15.4. The summed E-state index contributed by atoms with van der Waals surface area (Å²) >= 11 is 0. The van der Waals surface area contributed by atoms with Crippen LogP contribution in [0.1, 0.15) is 31.2 Å². The molecule has 45 heavy (non-hydrogen) atoms. The molecule has 9 nitrogen and oxygen atoms in total. The second-order valence-electron chi connectivity index (χ2n) is 11.8. The average Bonchev–Trinajstić information content (AvgIpc) is 3.42. The molecule has 0 radical (unpaired) electrons. The second kappa shape index (κ2) is 11.0. The van der Waals surface area contributed by atoms with Gasteiger partial charge in [0.05, 0.1) is 17.0 Å². The normalized spacial score (nSPS) is 21.2. The smallest absolute Gasteiger partial charge is 0.308 e. The Bertz CT molecular complexity index is 2040. The third-order valence-corrected chi connectivity index (χ3v) is 10.8. The fraction of sp³-hybridized carbons (Fsp3) is 0.273. The highest BCUT2D eigenvalue weighted by atomic mass is 32.2. The molecule has 12 heteroatoms. The number of carbonyl (C=O) groups is 1. The van der Waals surface area contributed by atoms with E-state index in [4.69, 9.17) is 0 Å². The Balaban J connectivity index is 1.42. The van der Waals surface area contributed by atoms with Crippen molar-refractivity contribution in [3.05, 3.63) is 90.3 Å². The number of hydrogen-bond donors (Lipinski definition) is 2. The van der Waals surface area contributed by atoms with Gasteiger partial charge in [-0.1, -0.05) is 48.0 Å². The predicted octanol–water partition coefficient (Wildman–Crippen LogP) is 6.29. The monoisotopic (exact) mass is 629 g/mol. The quantitative estimate of drug-likeness (QED) is 0.215. The van der Waals surface area contributed by atoms with Gasteiger partial charge in [-0.2, -0.15) is 0 Å². The third-order valence-electron chi connectivity index (χ3n) is 9.10. The molecule has 3 aliphatic rings. The molecule has 2 aromatic carbocycles. The molecule has 5 aromatic rings. The van der Waals surface area contributed by atoms with Crippen molar-refractivity contribution in [1.29, 1.82) is 0 Å². The maximum atomic E-state index is 16.3. The number of carboxylic acids is 1. The van der Waals surface area contributed by atoms with Crippen molar-refractivity contribution in [2.45, 2.75) is 43.5 Å². The SMILES string of the molecule is Cc1ccc(S(=O)(=O)n2cc(-c3nc(NC4C5CCC(CC5)C4C(=O)O)c(F)c(-c4ccccc4)n3)c3cc(F)cnc32)cc1. The molecule has 0 saturated heterocycles. The molecule has 230 valence electrons. The van der Waals surface area contributed by atoms with E-state index in [0.717, 1.165) is 47.5 Å². The lowest BCUT2D eigenvalue weighted by Gasteiger charge is -2.47. The van der Waals surface area contributed by atoms with Crippen LogP contribution in [0, 0.1) is 36.3 Å². The lowest BCUT2D eigenvalue weighted by Crippen LogP contribution is -2.51. The van der Waals surface area contributed by atoms with E-state index in [2.05, 4.69) is 20.3 Å². The van der Waals surface area contributed by atoms with Crippen LogP contribution >= 0.6 is 0 Å². The molecule has 3 saturated carbocycles. The second-order valence-corrected chi connectivity index (χ2v) is 13.6. The number of nitrogens with zero attached hydrogens (tertiary/aromatic N) is 4. The van der Waals surface area contributed by atoms with E-state index in [1.807, 2.05) is 6.92 Å². The highest BCUT2D eigenvalue weighted by Gasteiger charge is 2.47. The number of pyridine rings is 1. The first-order valence-electron chi connectivity index (χ1n) is 14.7. The van der Waals surface area contributed by atoms with Crippen LogP contribution in [0.25, 0.3) is 33.7 Å². The van der Waals surface area contributed by atoms with E-state index in [-0.39, 0.29) is 50.7 Å². The van der Waals surface area contributed by atoms with Crippen molar-refractivity contribution in [1.82, 2.24) is 18.9 Å². The van der Waals surface area contributed by atoms with E-state index >= 15 is 4.39 Å². The highest BCUT2D eigenvalue weighted by Crippen LogP contribution is 2.47. The summed E-state index contributed by atoms with van der Waals surface area (Å²) in [5.74, 6) is -3.40. The minimum Gasteiger partial charge on any atom is -0.481 e. The van der Waals surface area contributed by atoms with Gasteiger partial charge >= 0.3 is 5.97 Å². The Kier molecular flexibility index (Phi) is 7.11. The van der Waals surface area contributed by atoms with Gasteiger partial charge in [0.1, 0.15) is 11.5 Å². The van der Waals surface area contributed by atoms with E-state index in [1.165, 1.54) is 18.3 Å². The van der Waals surface area contributed by atoms with Crippen LogP contribution in [0.3, 0.4) is 0 Å². The van der Waals surface area contributed by atoms with Gasteiger partial charge in [-0.05, 0) is 62.6 Å². The number of fused-ring (bicyclic) bond motifs is 4. The number of benzene rings is 2. The van der Waals surface area contributed by atoms with Gasteiger partial charge < -0.3 is 10.4 Å². The summed E-state index contributed by atoms with van der Waals surface area (Å²) in [7, 11) is -4.19. The van der Waals surface area contributed by atoms with E-state index in [9.17, 15) is 22.7 Å². The first kappa shape index (κ1) is 29.0. The van der Waals surface area contributed by atoms with Gasteiger partial charge in [0.2, 0.25) is 0 Å². The van der Waals surface area contributed by atoms with Crippen LogP contribution in [0.15, 0.2) is 78.0 Å². The molecule has 3 heterocycles. The summed E-state index contributed by atoms with van der Waals surface area (Å²) in [6.07, 6.45) is 5.45. The van der Waals surface area contributed by atoms with Crippen LogP contribution in [0.4, 0.5) is 14.6 Å². The molecule has 0 aliphatic heterocycles. The van der Waals surface area contributed by atoms with Crippen molar-refractivity contribution in [3.8, 4) is 22.6 Å². The molecule has 2 bridgehead atoms. The summed E-state index contributed by atoms with van der Waals surface area (Å²) in [5, 5.41) is 13.4. The Morgan fingerprint density at radius 3 is 2.36 bits per heavy atom. The molecular formula is C33H29F2N5O4S. The molecule has 0 amide bonds. The minimum atomic E-state index is -4.19. The molecule has 2 N–H and O–H groups in total. The highest BCUT2D eigenvalue weighted by molar-refractivity contribution is 7.90. The lowest BCUT2D eigenvalue weighted by molar-refractivity contribution is -0.148. The number of halogens is 2. The van der Waals surface area contributed by atoms with Gasteiger partial charge in [0.15, 0.2) is 23.1 Å². The summed E-state index contributed by atoms with van der Waals surface area (Å²) < 4.78 is 59.5. The van der Waals surface area contributed by atoms with Crippen LogP contribution in [-0.4, -0.2) is 44.5 Å². The van der Waals surface area contributed by atoms with Crippen LogP contribution in [-0.2, 0) is 14.8 Å². The Morgan fingerprint density at radius 1 is 0.978 bits per heavy atom.